The highest BCUT2D eigenvalue weighted by molar-refractivity contribution is 14.0. The summed E-state index contributed by atoms with van der Waals surface area (Å²) in [5, 5.41) is 10.5. The number of hydrogen-bond donors (Lipinski definition) is 2. The van der Waals surface area contributed by atoms with E-state index in [9.17, 15) is 0 Å². The van der Waals surface area contributed by atoms with Crippen LogP contribution in [0, 0.1) is 19.8 Å². The van der Waals surface area contributed by atoms with Gasteiger partial charge in [-0.05, 0) is 32.6 Å². The summed E-state index contributed by atoms with van der Waals surface area (Å²) in [6.45, 7) is 11.4. The first-order valence-electron chi connectivity index (χ1n) is 7.98. The highest BCUT2D eigenvalue weighted by Gasteiger charge is 2.08. The van der Waals surface area contributed by atoms with Gasteiger partial charge in [0.2, 0.25) is 0 Å². The van der Waals surface area contributed by atoms with Crippen molar-refractivity contribution in [3.8, 4) is 0 Å². The number of hydrogen-bond acceptors (Lipinski definition) is 4. The van der Waals surface area contributed by atoms with Gasteiger partial charge in [0.25, 0.3) is 0 Å². The summed E-state index contributed by atoms with van der Waals surface area (Å²) in [6.07, 6.45) is 1.97. The number of ether oxygens (including phenoxy) is 1. The number of rotatable bonds is 9. The molecule has 0 amide bonds. The third-order valence-electron chi connectivity index (χ3n) is 3.45. The second-order valence-corrected chi connectivity index (χ2v) is 5.77. The van der Waals surface area contributed by atoms with E-state index in [1.807, 2.05) is 13.8 Å². The summed E-state index contributed by atoms with van der Waals surface area (Å²) in [4.78, 5) is 4.20. The zero-order valence-corrected chi connectivity index (χ0v) is 17.3. The maximum absolute atomic E-state index is 5.57. The Balaban J connectivity index is 0.00000484. The molecule has 0 saturated carbocycles. The van der Waals surface area contributed by atoms with E-state index in [0.717, 1.165) is 50.0 Å². The first-order chi connectivity index (χ1) is 10.5. The molecule has 134 valence electrons. The van der Waals surface area contributed by atoms with Gasteiger partial charge >= 0.3 is 0 Å². The Morgan fingerprint density at radius 1 is 1.22 bits per heavy atom. The third-order valence-corrected chi connectivity index (χ3v) is 3.45. The highest BCUT2D eigenvalue weighted by Crippen LogP contribution is 2.11. The fourth-order valence-corrected chi connectivity index (χ4v) is 2.05. The number of nitrogens with zero attached hydrogens (tertiary/aromatic N) is 2. The molecule has 0 spiro atoms. The van der Waals surface area contributed by atoms with Crippen LogP contribution in [0.4, 0.5) is 0 Å². The van der Waals surface area contributed by atoms with E-state index in [4.69, 9.17) is 9.26 Å². The lowest BCUT2D eigenvalue weighted by molar-refractivity contribution is 0.128. The smallest absolute Gasteiger partial charge is 0.191 e. The number of aromatic nitrogens is 1. The monoisotopic (exact) mass is 438 g/mol. The van der Waals surface area contributed by atoms with Gasteiger partial charge in [-0.3, -0.25) is 4.99 Å². The van der Waals surface area contributed by atoms with Crippen LogP contribution in [0.15, 0.2) is 9.52 Å². The SMILES string of the molecule is CN=C(NCCOCCC(C)C)NCCc1c(C)noc1C.I. The van der Waals surface area contributed by atoms with Crippen molar-refractivity contribution in [2.75, 3.05) is 33.4 Å². The lowest BCUT2D eigenvalue weighted by atomic mass is 10.1. The van der Waals surface area contributed by atoms with Crippen LogP contribution in [0.2, 0.25) is 0 Å². The molecule has 0 saturated heterocycles. The molecule has 0 radical (unpaired) electrons. The molecule has 0 bridgehead atoms. The summed E-state index contributed by atoms with van der Waals surface area (Å²) < 4.78 is 10.7. The van der Waals surface area contributed by atoms with Crippen LogP contribution in [-0.2, 0) is 11.2 Å². The molecule has 7 heteroatoms. The van der Waals surface area contributed by atoms with E-state index in [0.29, 0.717) is 12.5 Å². The summed E-state index contributed by atoms with van der Waals surface area (Å²) in [5.74, 6) is 2.37. The average molecular weight is 438 g/mol. The molecule has 6 nitrogen and oxygen atoms in total. The second-order valence-electron chi connectivity index (χ2n) is 5.77. The molecule has 0 unspecified atom stereocenters. The van der Waals surface area contributed by atoms with Crippen molar-refractivity contribution in [3.05, 3.63) is 17.0 Å². The minimum atomic E-state index is 0. The highest BCUT2D eigenvalue weighted by atomic mass is 127. The Labute approximate surface area is 156 Å². The largest absolute Gasteiger partial charge is 0.380 e. The predicted octanol–water partition coefficient (Wildman–Crippen LogP) is 2.68. The molecule has 1 aromatic heterocycles. The van der Waals surface area contributed by atoms with E-state index in [-0.39, 0.29) is 24.0 Å². The molecule has 0 aromatic carbocycles. The van der Waals surface area contributed by atoms with Crippen LogP contribution in [0.5, 0.6) is 0 Å². The number of halogens is 1. The van der Waals surface area contributed by atoms with Gasteiger partial charge in [-0.15, -0.1) is 24.0 Å². The van der Waals surface area contributed by atoms with Crippen LogP contribution in [0.3, 0.4) is 0 Å². The van der Waals surface area contributed by atoms with Gasteiger partial charge in [-0.2, -0.15) is 0 Å². The molecule has 0 fully saturated rings. The van der Waals surface area contributed by atoms with Crippen molar-refractivity contribution < 1.29 is 9.26 Å². The molecule has 23 heavy (non-hydrogen) atoms. The molecule has 0 aliphatic rings. The maximum atomic E-state index is 5.57. The Hall–Kier alpha value is -0.830. The molecule has 0 atom stereocenters. The van der Waals surface area contributed by atoms with Crippen LogP contribution in [0.25, 0.3) is 0 Å². The van der Waals surface area contributed by atoms with E-state index >= 15 is 0 Å². The minimum Gasteiger partial charge on any atom is -0.380 e. The van der Waals surface area contributed by atoms with Crippen LogP contribution in [-0.4, -0.2) is 44.5 Å². The quantitative estimate of drug-likeness (QED) is 0.269. The standard InChI is InChI=1S/C16H30N4O2.HI/c1-12(2)7-10-21-11-9-19-16(17-5)18-8-6-15-13(3)20-22-14(15)4;/h12H,6-11H2,1-5H3,(H2,17,18,19);1H. The van der Waals surface area contributed by atoms with Crippen molar-refractivity contribution >= 4 is 29.9 Å². The van der Waals surface area contributed by atoms with Gasteiger partial charge in [0, 0.05) is 32.3 Å². The molecule has 1 rings (SSSR count). The predicted molar refractivity (Wildman–Crippen MR) is 105 cm³/mol. The van der Waals surface area contributed by atoms with E-state index in [1.54, 1.807) is 7.05 Å². The van der Waals surface area contributed by atoms with Crippen LogP contribution >= 0.6 is 24.0 Å². The lowest BCUT2D eigenvalue weighted by Gasteiger charge is -2.12. The first kappa shape index (κ1) is 22.2. The van der Waals surface area contributed by atoms with Gasteiger partial charge in [0.05, 0.1) is 12.3 Å². The molecule has 2 N–H and O–H groups in total. The number of nitrogens with one attached hydrogen (secondary N) is 2. The van der Waals surface area contributed by atoms with Crippen molar-refractivity contribution in [1.29, 1.82) is 0 Å². The Kier molecular flexibility index (Phi) is 12.1. The minimum absolute atomic E-state index is 0. The molecule has 1 heterocycles. The average Bonchev–Trinajstić information content (AvgIpc) is 2.80. The molecular weight excluding hydrogens is 407 g/mol. The van der Waals surface area contributed by atoms with Gasteiger partial charge in [0.1, 0.15) is 5.76 Å². The molecule has 0 aliphatic heterocycles. The van der Waals surface area contributed by atoms with Gasteiger partial charge in [-0.1, -0.05) is 19.0 Å². The zero-order chi connectivity index (χ0) is 16.4. The summed E-state index contributed by atoms with van der Waals surface area (Å²) in [7, 11) is 1.77. The molecule has 1 aromatic rings. The number of aliphatic imine (C=N–C) groups is 1. The fourth-order valence-electron chi connectivity index (χ4n) is 2.05. The van der Waals surface area contributed by atoms with E-state index < -0.39 is 0 Å². The van der Waals surface area contributed by atoms with Gasteiger partial charge < -0.3 is 19.9 Å². The van der Waals surface area contributed by atoms with Crippen LogP contribution < -0.4 is 10.6 Å². The number of aryl methyl sites for hydroxylation is 2. The van der Waals surface area contributed by atoms with Crippen molar-refractivity contribution in [2.24, 2.45) is 10.9 Å². The normalized spacial score (nSPS) is 11.5. The Morgan fingerprint density at radius 3 is 2.48 bits per heavy atom. The van der Waals surface area contributed by atoms with E-state index in [2.05, 4.69) is 34.6 Å². The van der Waals surface area contributed by atoms with E-state index in [1.165, 1.54) is 5.56 Å². The van der Waals surface area contributed by atoms with Gasteiger partial charge in [0.15, 0.2) is 5.96 Å². The summed E-state index contributed by atoms with van der Waals surface area (Å²) >= 11 is 0. The first-order valence-corrected chi connectivity index (χ1v) is 7.98. The summed E-state index contributed by atoms with van der Waals surface area (Å²) in [6, 6.07) is 0. The maximum Gasteiger partial charge on any atom is 0.191 e. The molecule has 0 aliphatic carbocycles. The van der Waals surface area contributed by atoms with Crippen molar-refractivity contribution in [3.63, 3.8) is 0 Å². The number of guanidine groups is 1. The molecular formula is C16H31IN4O2. The van der Waals surface area contributed by atoms with Crippen molar-refractivity contribution in [2.45, 2.75) is 40.5 Å². The van der Waals surface area contributed by atoms with Gasteiger partial charge in [-0.25, -0.2) is 0 Å². The zero-order valence-electron chi connectivity index (χ0n) is 14.9. The Bertz CT molecular complexity index is 441. The lowest BCUT2D eigenvalue weighted by Crippen LogP contribution is -2.39. The summed E-state index contributed by atoms with van der Waals surface area (Å²) in [5.41, 5.74) is 2.13. The fraction of sp³-hybridized carbons (Fsp3) is 0.750. The van der Waals surface area contributed by atoms with Crippen LogP contribution in [0.1, 0.15) is 37.3 Å². The second kappa shape index (κ2) is 12.6. The third kappa shape index (κ3) is 9.14. The topological polar surface area (TPSA) is 71.7 Å². The van der Waals surface area contributed by atoms with Crippen molar-refractivity contribution in [1.82, 2.24) is 15.8 Å². The Morgan fingerprint density at radius 2 is 1.91 bits per heavy atom.